The van der Waals surface area contributed by atoms with Gasteiger partial charge in [0.15, 0.2) is 0 Å². The Kier molecular flexibility index (Phi) is 3.14. The first-order valence-corrected chi connectivity index (χ1v) is 5.06. The Hall–Kier alpha value is -0.770. The lowest BCUT2D eigenvalue weighted by atomic mass is 9.91. The molecule has 1 aliphatic rings. The number of ketones is 1. The molecule has 0 aliphatic heterocycles. The predicted molar refractivity (Wildman–Crippen MR) is 54.2 cm³/mol. The Morgan fingerprint density at radius 2 is 1.77 bits per heavy atom. The average Bonchev–Trinajstić information content (AvgIpc) is 2.50. The van der Waals surface area contributed by atoms with Crippen molar-refractivity contribution in [2.75, 3.05) is 0 Å². The zero-order chi connectivity index (χ0) is 9.90. The fourth-order valence-corrected chi connectivity index (χ4v) is 1.43. The van der Waals surface area contributed by atoms with E-state index in [1.54, 1.807) is 0 Å². The molecule has 1 heteroatoms. The molecular weight excluding hydrogens is 160 g/mol. The van der Waals surface area contributed by atoms with E-state index in [0.29, 0.717) is 5.92 Å². The van der Waals surface area contributed by atoms with E-state index in [4.69, 9.17) is 0 Å². The van der Waals surface area contributed by atoms with Crippen LogP contribution in [0.15, 0.2) is 0 Å². The van der Waals surface area contributed by atoms with E-state index >= 15 is 0 Å². The summed E-state index contributed by atoms with van der Waals surface area (Å²) in [5, 5.41) is 0. The Bertz CT molecular complexity index is 241. The van der Waals surface area contributed by atoms with Gasteiger partial charge in [0.05, 0.1) is 0 Å². The van der Waals surface area contributed by atoms with E-state index in [1.807, 2.05) is 20.8 Å². The second kappa shape index (κ2) is 3.96. The molecule has 72 valence electrons. The van der Waals surface area contributed by atoms with Gasteiger partial charge < -0.3 is 0 Å². The van der Waals surface area contributed by atoms with Crippen molar-refractivity contribution >= 4 is 5.78 Å². The highest BCUT2D eigenvalue weighted by atomic mass is 16.1. The van der Waals surface area contributed by atoms with Crippen molar-refractivity contribution in [3.05, 3.63) is 0 Å². The minimum atomic E-state index is -0.300. The van der Waals surface area contributed by atoms with Gasteiger partial charge in [-0.05, 0) is 18.8 Å². The molecule has 1 saturated carbocycles. The van der Waals surface area contributed by atoms with Gasteiger partial charge in [-0.15, -0.1) is 0 Å². The van der Waals surface area contributed by atoms with Gasteiger partial charge in [-0.25, -0.2) is 0 Å². The van der Waals surface area contributed by atoms with E-state index in [9.17, 15) is 4.79 Å². The van der Waals surface area contributed by atoms with Crippen LogP contribution in [0.4, 0.5) is 0 Å². The zero-order valence-corrected chi connectivity index (χ0v) is 8.81. The molecule has 0 saturated heterocycles. The molecule has 1 rings (SSSR count). The lowest BCUT2D eigenvalue weighted by Crippen LogP contribution is -2.17. The highest BCUT2D eigenvalue weighted by molar-refractivity contribution is 5.99. The van der Waals surface area contributed by atoms with Gasteiger partial charge in [0.2, 0.25) is 5.78 Å². The molecule has 0 heterocycles. The maximum absolute atomic E-state index is 11.4. The van der Waals surface area contributed by atoms with Gasteiger partial charge >= 0.3 is 0 Å². The maximum Gasteiger partial charge on any atom is 0.210 e. The Morgan fingerprint density at radius 1 is 1.23 bits per heavy atom. The molecule has 0 aromatic carbocycles. The van der Waals surface area contributed by atoms with E-state index < -0.39 is 0 Å². The summed E-state index contributed by atoms with van der Waals surface area (Å²) in [6, 6.07) is 0. The molecule has 0 bridgehead atoms. The summed E-state index contributed by atoms with van der Waals surface area (Å²) in [5.41, 5.74) is -0.300. The van der Waals surface area contributed by atoms with Crippen LogP contribution < -0.4 is 0 Å². The number of hydrogen-bond donors (Lipinski definition) is 0. The van der Waals surface area contributed by atoms with E-state index in [2.05, 4.69) is 11.8 Å². The van der Waals surface area contributed by atoms with Crippen molar-refractivity contribution in [1.82, 2.24) is 0 Å². The summed E-state index contributed by atoms with van der Waals surface area (Å²) in [5.74, 6) is 6.42. The molecule has 0 unspecified atom stereocenters. The van der Waals surface area contributed by atoms with Crippen molar-refractivity contribution in [1.29, 1.82) is 0 Å². The van der Waals surface area contributed by atoms with Crippen LogP contribution in [0.1, 0.15) is 46.5 Å². The van der Waals surface area contributed by atoms with Crippen LogP contribution in [-0.2, 0) is 4.79 Å². The summed E-state index contributed by atoms with van der Waals surface area (Å²) in [4.78, 5) is 11.4. The topological polar surface area (TPSA) is 17.1 Å². The first-order chi connectivity index (χ1) is 6.00. The Labute approximate surface area is 80.9 Å². The van der Waals surface area contributed by atoms with Crippen LogP contribution in [0, 0.1) is 23.2 Å². The van der Waals surface area contributed by atoms with E-state index in [-0.39, 0.29) is 11.2 Å². The lowest BCUT2D eigenvalue weighted by molar-refractivity contribution is -0.120. The first kappa shape index (κ1) is 10.3. The lowest BCUT2D eigenvalue weighted by Gasteiger charge is -2.11. The number of carbonyl (C=O) groups excluding carboxylic acids is 1. The highest BCUT2D eigenvalue weighted by Gasteiger charge is 2.19. The van der Waals surface area contributed by atoms with Crippen LogP contribution in [0.5, 0.6) is 0 Å². The largest absolute Gasteiger partial charge is 0.284 e. The third-order valence-electron chi connectivity index (χ3n) is 2.43. The quantitative estimate of drug-likeness (QED) is 0.412. The summed E-state index contributed by atoms with van der Waals surface area (Å²) in [6.45, 7) is 5.75. The van der Waals surface area contributed by atoms with Crippen LogP contribution in [0.25, 0.3) is 0 Å². The number of carbonyl (C=O) groups is 1. The molecule has 0 amide bonds. The van der Waals surface area contributed by atoms with Crippen molar-refractivity contribution in [3.8, 4) is 11.8 Å². The molecule has 0 aromatic rings. The highest BCUT2D eigenvalue weighted by Crippen LogP contribution is 2.23. The predicted octanol–water partition coefficient (Wildman–Crippen LogP) is 2.80. The average molecular weight is 178 g/mol. The molecule has 0 aromatic heterocycles. The molecule has 1 nitrogen and oxygen atoms in total. The third kappa shape index (κ3) is 3.22. The molecule has 0 spiro atoms. The van der Waals surface area contributed by atoms with Crippen molar-refractivity contribution in [2.45, 2.75) is 46.5 Å². The SMILES string of the molecule is CC(C)(C)C(=O)C#CC1CCCC1. The van der Waals surface area contributed by atoms with E-state index in [1.165, 1.54) is 25.7 Å². The number of hydrogen-bond acceptors (Lipinski definition) is 1. The van der Waals surface area contributed by atoms with Gasteiger partial charge in [0.1, 0.15) is 0 Å². The summed E-state index contributed by atoms with van der Waals surface area (Å²) < 4.78 is 0. The number of Topliss-reactive ketones (excluding diaryl/α,β-unsaturated/α-hetero) is 1. The smallest absolute Gasteiger partial charge is 0.210 e. The second-order valence-electron chi connectivity index (χ2n) is 4.83. The Morgan fingerprint density at radius 3 is 2.23 bits per heavy atom. The number of rotatable bonds is 0. The molecule has 0 N–H and O–H groups in total. The maximum atomic E-state index is 11.4. The molecule has 1 fully saturated rings. The zero-order valence-electron chi connectivity index (χ0n) is 8.81. The van der Waals surface area contributed by atoms with Crippen LogP contribution in [-0.4, -0.2) is 5.78 Å². The molecular formula is C12H18O. The standard InChI is InChI=1S/C12H18O/c1-12(2,3)11(13)9-8-10-6-4-5-7-10/h10H,4-7H2,1-3H3. The minimum Gasteiger partial charge on any atom is -0.284 e. The summed E-state index contributed by atoms with van der Waals surface area (Å²) >= 11 is 0. The van der Waals surface area contributed by atoms with Crippen molar-refractivity contribution < 1.29 is 4.79 Å². The molecule has 13 heavy (non-hydrogen) atoms. The third-order valence-corrected chi connectivity index (χ3v) is 2.43. The first-order valence-electron chi connectivity index (χ1n) is 5.06. The summed E-state index contributed by atoms with van der Waals surface area (Å²) in [7, 11) is 0. The van der Waals surface area contributed by atoms with Gasteiger partial charge in [0.25, 0.3) is 0 Å². The normalized spacial score (nSPS) is 18.1. The summed E-state index contributed by atoms with van der Waals surface area (Å²) in [6.07, 6.45) is 4.93. The monoisotopic (exact) mass is 178 g/mol. The van der Waals surface area contributed by atoms with Crippen molar-refractivity contribution in [3.63, 3.8) is 0 Å². The van der Waals surface area contributed by atoms with E-state index in [0.717, 1.165) is 0 Å². The molecule has 1 aliphatic carbocycles. The second-order valence-corrected chi connectivity index (χ2v) is 4.83. The van der Waals surface area contributed by atoms with Gasteiger partial charge in [-0.1, -0.05) is 39.5 Å². The fourth-order valence-electron chi connectivity index (χ4n) is 1.43. The Balaban J connectivity index is 2.51. The molecule has 0 atom stereocenters. The van der Waals surface area contributed by atoms with Crippen LogP contribution >= 0.6 is 0 Å². The van der Waals surface area contributed by atoms with Gasteiger partial charge in [-0.2, -0.15) is 0 Å². The fraction of sp³-hybridized carbons (Fsp3) is 0.750. The van der Waals surface area contributed by atoms with Crippen LogP contribution in [0.3, 0.4) is 0 Å². The minimum absolute atomic E-state index is 0.0689. The van der Waals surface area contributed by atoms with Gasteiger partial charge in [0, 0.05) is 11.3 Å². The molecule has 0 radical (unpaired) electrons. The van der Waals surface area contributed by atoms with Gasteiger partial charge in [-0.3, -0.25) is 4.79 Å². The van der Waals surface area contributed by atoms with Crippen LogP contribution in [0.2, 0.25) is 0 Å². The van der Waals surface area contributed by atoms with Crippen molar-refractivity contribution in [2.24, 2.45) is 11.3 Å².